The predicted octanol–water partition coefficient (Wildman–Crippen LogP) is 4.23. The lowest BCUT2D eigenvalue weighted by Gasteiger charge is -2.02. The Morgan fingerprint density at radius 3 is 2.88 bits per heavy atom. The Hall–Kier alpha value is -0.570. The van der Waals surface area contributed by atoms with Gasteiger partial charge in [-0.25, -0.2) is 0 Å². The molecule has 0 saturated heterocycles. The van der Waals surface area contributed by atoms with E-state index in [2.05, 4.69) is 18.3 Å². The molecule has 2 rings (SSSR count). The number of fused-ring (bicyclic) bond motifs is 1. The van der Waals surface area contributed by atoms with Crippen molar-refractivity contribution in [1.29, 1.82) is 0 Å². The summed E-state index contributed by atoms with van der Waals surface area (Å²) in [5.74, 6) is 0. The molecule has 0 atom stereocenters. The largest absolute Gasteiger partial charge is 0.315 e. The van der Waals surface area contributed by atoms with Gasteiger partial charge in [-0.3, -0.25) is 0 Å². The molecule has 3 heteroatoms. The van der Waals surface area contributed by atoms with Gasteiger partial charge >= 0.3 is 0 Å². The van der Waals surface area contributed by atoms with Gasteiger partial charge in [-0.05, 0) is 30.5 Å². The minimum Gasteiger partial charge on any atom is -0.315 e. The molecule has 2 aromatic rings. The first-order valence-corrected chi connectivity index (χ1v) is 6.80. The number of aryl methyl sites for hydroxylation is 1. The number of benzene rings is 1. The third-order valence-corrected chi connectivity index (χ3v) is 4.40. The molecule has 0 radical (unpaired) electrons. The van der Waals surface area contributed by atoms with Gasteiger partial charge < -0.3 is 5.32 Å². The van der Waals surface area contributed by atoms with Gasteiger partial charge in [0.25, 0.3) is 0 Å². The average Bonchev–Trinajstić information content (AvgIpc) is 2.61. The molecule has 0 fully saturated rings. The first-order valence-electron chi connectivity index (χ1n) is 5.61. The highest BCUT2D eigenvalue weighted by Crippen LogP contribution is 2.36. The van der Waals surface area contributed by atoms with Crippen molar-refractivity contribution in [3.8, 4) is 0 Å². The van der Waals surface area contributed by atoms with Crippen molar-refractivity contribution in [2.45, 2.75) is 26.3 Å². The quantitative estimate of drug-likeness (QED) is 0.860. The summed E-state index contributed by atoms with van der Waals surface area (Å²) in [6.07, 6.45) is 2.31. The van der Waals surface area contributed by atoms with Crippen LogP contribution in [0.4, 0.5) is 0 Å². The summed E-state index contributed by atoms with van der Waals surface area (Å²) in [5.41, 5.74) is 1.47. The summed E-state index contributed by atoms with van der Waals surface area (Å²) in [4.78, 5) is 1.42. The fourth-order valence-electron chi connectivity index (χ4n) is 2.01. The number of halogens is 1. The van der Waals surface area contributed by atoms with E-state index in [9.17, 15) is 0 Å². The predicted molar refractivity (Wildman–Crippen MR) is 73.6 cm³/mol. The van der Waals surface area contributed by atoms with Crippen molar-refractivity contribution in [2.75, 3.05) is 7.05 Å². The Morgan fingerprint density at radius 1 is 1.38 bits per heavy atom. The molecule has 0 aliphatic rings. The van der Waals surface area contributed by atoms with Crippen LogP contribution in [0.1, 0.15) is 23.8 Å². The van der Waals surface area contributed by atoms with Crippen molar-refractivity contribution in [1.82, 2.24) is 5.32 Å². The second-order valence-corrected chi connectivity index (χ2v) is 5.41. The smallest absolute Gasteiger partial charge is 0.0584 e. The normalized spacial score (nSPS) is 11.2. The van der Waals surface area contributed by atoms with Gasteiger partial charge in [-0.2, -0.15) is 0 Å². The summed E-state index contributed by atoms with van der Waals surface area (Å²) >= 11 is 8.05. The average molecular weight is 254 g/mol. The van der Waals surface area contributed by atoms with Gasteiger partial charge in [0.2, 0.25) is 0 Å². The minimum atomic E-state index is 0.877. The molecule has 0 unspecified atom stereocenters. The van der Waals surface area contributed by atoms with Gasteiger partial charge in [0.1, 0.15) is 0 Å². The maximum atomic E-state index is 6.23. The molecule has 1 heterocycles. The number of rotatable bonds is 4. The molecule has 1 aromatic carbocycles. The standard InChI is InChI=1S/C13H16ClNS/c1-3-5-9-10-6-4-7-11(14)13(10)16-12(9)8-15-2/h4,6-7,15H,3,5,8H2,1-2H3. The lowest BCUT2D eigenvalue weighted by atomic mass is 10.1. The number of hydrogen-bond donors (Lipinski definition) is 1. The number of nitrogens with one attached hydrogen (secondary N) is 1. The summed E-state index contributed by atoms with van der Waals surface area (Å²) < 4.78 is 1.23. The molecule has 0 bridgehead atoms. The highest BCUT2D eigenvalue weighted by Gasteiger charge is 2.12. The molecule has 0 saturated carbocycles. The van der Waals surface area contributed by atoms with Crippen molar-refractivity contribution < 1.29 is 0 Å². The lowest BCUT2D eigenvalue weighted by Crippen LogP contribution is -2.05. The molecule has 1 nitrogen and oxygen atoms in total. The zero-order valence-corrected chi connectivity index (χ0v) is 11.2. The molecule has 16 heavy (non-hydrogen) atoms. The van der Waals surface area contributed by atoms with Crippen LogP contribution >= 0.6 is 22.9 Å². The van der Waals surface area contributed by atoms with Crippen molar-refractivity contribution in [2.24, 2.45) is 0 Å². The fraction of sp³-hybridized carbons (Fsp3) is 0.385. The summed E-state index contributed by atoms with van der Waals surface area (Å²) in [5, 5.41) is 5.45. The molecule has 1 aromatic heterocycles. The van der Waals surface area contributed by atoms with Crippen LogP contribution in [-0.4, -0.2) is 7.05 Å². The second-order valence-electron chi connectivity index (χ2n) is 3.90. The van der Waals surface area contributed by atoms with Gasteiger partial charge in [0, 0.05) is 11.4 Å². The number of hydrogen-bond acceptors (Lipinski definition) is 2. The Balaban J connectivity index is 2.60. The van der Waals surface area contributed by atoms with Crippen LogP contribution in [-0.2, 0) is 13.0 Å². The van der Waals surface area contributed by atoms with E-state index in [1.54, 1.807) is 0 Å². The lowest BCUT2D eigenvalue weighted by molar-refractivity contribution is 0.812. The highest BCUT2D eigenvalue weighted by atomic mass is 35.5. The molecule has 1 N–H and O–H groups in total. The van der Waals surface area contributed by atoms with E-state index in [0.29, 0.717) is 0 Å². The Labute approximate surface area is 105 Å². The van der Waals surface area contributed by atoms with Gasteiger partial charge in [0.15, 0.2) is 0 Å². The molecule has 86 valence electrons. The van der Waals surface area contributed by atoms with E-state index >= 15 is 0 Å². The SMILES string of the molecule is CCCc1c(CNC)sc2c(Cl)cccc12. The van der Waals surface area contributed by atoms with Crippen LogP contribution in [0.15, 0.2) is 18.2 Å². The molecule has 0 spiro atoms. The summed E-state index contributed by atoms with van der Waals surface area (Å²) in [7, 11) is 1.99. The first-order chi connectivity index (χ1) is 7.77. The Kier molecular flexibility index (Phi) is 3.85. The topological polar surface area (TPSA) is 12.0 Å². The van der Waals surface area contributed by atoms with E-state index in [4.69, 9.17) is 11.6 Å². The fourth-order valence-corrected chi connectivity index (χ4v) is 3.57. The van der Waals surface area contributed by atoms with Crippen molar-refractivity contribution >= 4 is 33.0 Å². The number of thiophene rings is 1. The third-order valence-electron chi connectivity index (χ3n) is 2.69. The van der Waals surface area contributed by atoms with Crippen LogP contribution in [0.2, 0.25) is 5.02 Å². The highest BCUT2D eigenvalue weighted by molar-refractivity contribution is 7.20. The van der Waals surface area contributed by atoms with Crippen LogP contribution in [0.5, 0.6) is 0 Å². The van der Waals surface area contributed by atoms with Crippen LogP contribution < -0.4 is 5.32 Å². The van der Waals surface area contributed by atoms with E-state index in [-0.39, 0.29) is 0 Å². The molecule has 0 amide bonds. The summed E-state index contributed by atoms with van der Waals surface area (Å²) in [6, 6.07) is 6.20. The summed E-state index contributed by atoms with van der Waals surface area (Å²) in [6.45, 7) is 3.15. The zero-order chi connectivity index (χ0) is 11.5. The first kappa shape index (κ1) is 11.9. The maximum Gasteiger partial charge on any atom is 0.0584 e. The van der Waals surface area contributed by atoms with Crippen molar-refractivity contribution in [3.63, 3.8) is 0 Å². The van der Waals surface area contributed by atoms with E-state index in [1.165, 1.54) is 26.9 Å². The van der Waals surface area contributed by atoms with E-state index in [1.807, 2.05) is 30.5 Å². The maximum absolute atomic E-state index is 6.23. The minimum absolute atomic E-state index is 0.877. The van der Waals surface area contributed by atoms with Crippen molar-refractivity contribution in [3.05, 3.63) is 33.7 Å². The van der Waals surface area contributed by atoms with E-state index < -0.39 is 0 Å². The molecular formula is C13H16ClNS. The van der Waals surface area contributed by atoms with Gasteiger partial charge in [-0.15, -0.1) is 11.3 Å². The van der Waals surface area contributed by atoms with Gasteiger partial charge in [-0.1, -0.05) is 37.1 Å². The zero-order valence-electron chi connectivity index (χ0n) is 9.64. The molecule has 0 aliphatic heterocycles. The van der Waals surface area contributed by atoms with Crippen LogP contribution in [0, 0.1) is 0 Å². The third kappa shape index (κ3) is 2.10. The van der Waals surface area contributed by atoms with Crippen LogP contribution in [0.25, 0.3) is 10.1 Å². The molecule has 0 aliphatic carbocycles. The Bertz CT molecular complexity index is 490. The van der Waals surface area contributed by atoms with Gasteiger partial charge in [0.05, 0.1) is 9.72 Å². The van der Waals surface area contributed by atoms with E-state index in [0.717, 1.165) is 18.0 Å². The molecular weight excluding hydrogens is 238 g/mol. The Morgan fingerprint density at radius 2 is 2.19 bits per heavy atom. The monoisotopic (exact) mass is 253 g/mol. The van der Waals surface area contributed by atoms with Crippen LogP contribution in [0.3, 0.4) is 0 Å². The second kappa shape index (κ2) is 5.17.